The first kappa shape index (κ1) is 13.9. The number of piperidine rings is 1. The molecule has 3 nitrogen and oxygen atoms in total. The van der Waals surface area contributed by atoms with Gasteiger partial charge in [0.25, 0.3) is 0 Å². The van der Waals surface area contributed by atoms with Crippen LogP contribution >= 0.6 is 11.6 Å². The molecule has 0 aromatic heterocycles. The van der Waals surface area contributed by atoms with E-state index in [4.69, 9.17) is 11.6 Å². The second kappa shape index (κ2) is 5.74. The van der Waals surface area contributed by atoms with E-state index in [-0.39, 0.29) is 24.3 Å². The van der Waals surface area contributed by atoms with Gasteiger partial charge in [-0.15, -0.1) is 0 Å². The molecule has 3 unspecified atom stereocenters. The summed E-state index contributed by atoms with van der Waals surface area (Å²) in [7, 11) is 0. The van der Waals surface area contributed by atoms with Crippen LogP contribution in [0.25, 0.3) is 0 Å². The van der Waals surface area contributed by atoms with Crippen molar-refractivity contribution in [1.82, 2.24) is 4.90 Å². The van der Waals surface area contributed by atoms with Crippen molar-refractivity contribution >= 4 is 17.5 Å². The van der Waals surface area contributed by atoms with Gasteiger partial charge in [-0.3, -0.25) is 4.79 Å². The summed E-state index contributed by atoms with van der Waals surface area (Å²) in [4.78, 5) is 14.4. The zero-order valence-corrected chi connectivity index (χ0v) is 12.2. The summed E-state index contributed by atoms with van der Waals surface area (Å²) in [5.41, 5.74) is 1.21. The van der Waals surface area contributed by atoms with Gasteiger partial charge in [0, 0.05) is 30.6 Å². The average Bonchev–Trinajstić information content (AvgIpc) is 3.28. The number of halogens is 1. The lowest BCUT2D eigenvalue weighted by molar-refractivity contribution is -0.134. The van der Waals surface area contributed by atoms with Crippen molar-refractivity contribution in [3.63, 3.8) is 0 Å². The number of nitrogens with zero attached hydrogens (tertiary/aromatic N) is 1. The van der Waals surface area contributed by atoms with E-state index in [0.29, 0.717) is 5.92 Å². The zero-order chi connectivity index (χ0) is 14.1. The molecule has 4 heteroatoms. The zero-order valence-electron chi connectivity index (χ0n) is 11.5. The minimum atomic E-state index is 0.133. The van der Waals surface area contributed by atoms with Crippen LogP contribution in [0.1, 0.15) is 30.7 Å². The molecular formula is C16H20ClNO2. The molecule has 1 aliphatic carbocycles. The summed E-state index contributed by atoms with van der Waals surface area (Å²) < 4.78 is 0. The van der Waals surface area contributed by atoms with Crippen molar-refractivity contribution in [1.29, 1.82) is 0 Å². The highest BCUT2D eigenvalue weighted by molar-refractivity contribution is 6.30. The molecular weight excluding hydrogens is 274 g/mol. The lowest BCUT2D eigenvalue weighted by Gasteiger charge is -2.32. The van der Waals surface area contributed by atoms with Gasteiger partial charge >= 0.3 is 0 Å². The Bertz CT molecular complexity index is 488. The lowest BCUT2D eigenvalue weighted by atomic mass is 9.98. The molecule has 20 heavy (non-hydrogen) atoms. The molecule has 1 aromatic rings. The van der Waals surface area contributed by atoms with E-state index in [1.54, 1.807) is 0 Å². The Morgan fingerprint density at radius 3 is 2.80 bits per heavy atom. The molecule has 3 rings (SSSR count). The number of benzene rings is 1. The third-order valence-corrected chi connectivity index (χ3v) is 4.75. The molecule has 1 saturated heterocycles. The number of carbonyl (C=O) groups excluding carboxylic acids is 1. The summed E-state index contributed by atoms with van der Waals surface area (Å²) >= 11 is 5.89. The number of hydrogen-bond acceptors (Lipinski definition) is 2. The Hall–Kier alpha value is -1.06. The first-order valence-electron chi connectivity index (χ1n) is 7.34. The fourth-order valence-electron chi connectivity index (χ4n) is 3.20. The number of aliphatic hydroxyl groups is 1. The van der Waals surface area contributed by atoms with Crippen molar-refractivity contribution in [2.45, 2.75) is 25.2 Å². The molecule has 108 valence electrons. The molecule has 1 saturated carbocycles. The number of carbonyl (C=O) groups is 1. The molecule has 0 spiro atoms. The average molecular weight is 294 g/mol. The summed E-state index contributed by atoms with van der Waals surface area (Å²) in [6.45, 7) is 1.76. The van der Waals surface area contributed by atoms with Gasteiger partial charge in [-0.25, -0.2) is 0 Å². The van der Waals surface area contributed by atoms with Gasteiger partial charge in [0.2, 0.25) is 5.91 Å². The maximum absolute atomic E-state index is 12.5. The van der Waals surface area contributed by atoms with Crippen molar-refractivity contribution < 1.29 is 9.90 Å². The molecule has 2 fully saturated rings. The fourth-order valence-corrected chi connectivity index (χ4v) is 3.32. The van der Waals surface area contributed by atoms with E-state index < -0.39 is 0 Å². The van der Waals surface area contributed by atoms with E-state index in [9.17, 15) is 9.90 Å². The van der Waals surface area contributed by atoms with Gasteiger partial charge in [0.05, 0.1) is 0 Å². The molecule has 1 aliphatic heterocycles. The first-order valence-corrected chi connectivity index (χ1v) is 7.72. The summed E-state index contributed by atoms with van der Waals surface area (Å²) in [5, 5.41) is 9.99. The highest BCUT2D eigenvalue weighted by atomic mass is 35.5. The number of aliphatic hydroxyl groups excluding tert-OH is 1. The second-order valence-corrected chi connectivity index (χ2v) is 6.41. The Balaban J connectivity index is 1.61. The van der Waals surface area contributed by atoms with E-state index >= 15 is 0 Å². The van der Waals surface area contributed by atoms with E-state index in [1.807, 2.05) is 29.2 Å². The van der Waals surface area contributed by atoms with Crippen LogP contribution in [-0.4, -0.2) is 35.6 Å². The van der Waals surface area contributed by atoms with Crippen LogP contribution in [0.5, 0.6) is 0 Å². The van der Waals surface area contributed by atoms with Crippen LogP contribution in [0, 0.1) is 11.8 Å². The minimum absolute atomic E-state index is 0.133. The molecule has 1 aromatic carbocycles. The quantitative estimate of drug-likeness (QED) is 0.931. The summed E-state index contributed by atoms with van der Waals surface area (Å²) in [6, 6.07) is 7.82. The minimum Gasteiger partial charge on any atom is -0.396 e. The summed E-state index contributed by atoms with van der Waals surface area (Å²) in [5.74, 6) is 1.02. The van der Waals surface area contributed by atoms with Gasteiger partial charge in [-0.05, 0) is 48.8 Å². The molecule has 0 radical (unpaired) electrons. The van der Waals surface area contributed by atoms with Gasteiger partial charge in [0.1, 0.15) is 0 Å². The Morgan fingerprint density at radius 2 is 2.10 bits per heavy atom. The van der Waals surface area contributed by atoms with Crippen molar-refractivity contribution in [3.8, 4) is 0 Å². The number of hydrogen-bond donors (Lipinski definition) is 1. The Labute approximate surface area is 124 Å². The van der Waals surface area contributed by atoms with Crippen LogP contribution in [0.3, 0.4) is 0 Å². The SMILES string of the molecule is O=C(C1CC1c1ccc(Cl)cc1)N1CCCC(CO)C1. The number of rotatable bonds is 3. The van der Waals surface area contributed by atoms with Gasteiger partial charge < -0.3 is 10.0 Å². The highest BCUT2D eigenvalue weighted by Gasteiger charge is 2.46. The Kier molecular flexibility index (Phi) is 3.99. The number of amides is 1. The molecule has 2 aliphatic rings. The number of likely N-dealkylation sites (tertiary alicyclic amines) is 1. The van der Waals surface area contributed by atoms with Crippen molar-refractivity contribution in [2.75, 3.05) is 19.7 Å². The van der Waals surface area contributed by atoms with Crippen LogP contribution in [0.4, 0.5) is 0 Å². The van der Waals surface area contributed by atoms with Crippen LogP contribution in [0.15, 0.2) is 24.3 Å². The van der Waals surface area contributed by atoms with E-state index in [2.05, 4.69) is 0 Å². The van der Waals surface area contributed by atoms with E-state index in [1.165, 1.54) is 5.56 Å². The van der Waals surface area contributed by atoms with Gasteiger partial charge in [0.15, 0.2) is 0 Å². The monoisotopic (exact) mass is 293 g/mol. The lowest BCUT2D eigenvalue weighted by Crippen LogP contribution is -2.41. The maximum atomic E-state index is 12.5. The smallest absolute Gasteiger partial charge is 0.226 e. The normalized spacial score (nSPS) is 29.3. The third-order valence-electron chi connectivity index (χ3n) is 4.49. The Morgan fingerprint density at radius 1 is 1.35 bits per heavy atom. The van der Waals surface area contributed by atoms with Crippen LogP contribution in [-0.2, 0) is 4.79 Å². The molecule has 3 atom stereocenters. The standard InChI is InChI=1S/C16H20ClNO2/c17-13-5-3-12(4-6-13)14-8-15(14)16(20)18-7-1-2-11(9-18)10-19/h3-6,11,14-15,19H,1-2,7-10H2. The third kappa shape index (κ3) is 2.84. The van der Waals surface area contributed by atoms with Crippen LogP contribution < -0.4 is 0 Å². The second-order valence-electron chi connectivity index (χ2n) is 5.98. The predicted octanol–water partition coefficient (Wildman–Crippen LogP) is 2.67. The maximum Gasteiger partial charge on any atom is 0.226 e. The largest absolute Gasteiger partial charge is 0.396 e. The van der Waals surface area contributed by atoms with Crippen LogP contribution in [0.2, 0.25) is 5.02 Å². The topological polar surface area (TPSA) is 40.5 Å². The predicted molar refractivity (Wildman–Crippen MR) is 78.7 cm³/mol. The highest BCUT2D eigenvalue weighted by Crippen LogP contribution is 2.48. The van der Waals surface area contributed by atoms with Gasteiger partial charge in [-0.2, -0.15) is 0 Å². The molecule has 1 heterocycles. The van der Waals surface area contributed by atoms with Crippen molar-refractivity contribution in [3.05, 3.63) is 34.9 Å². The molecule has 1 N–H and O–H groups in total. The summed E-state index contributed by atoms with van der Waals surface area (Å²) in [6.07, 6.45) is 2.99. The molecule has 1 amide bonds. The molecule has 0 bridgehead atoms. The first-order chi connectivity index (χ1) is 9.69. The van der Waals surface area contributed by atoms with Gasteiger partial charge in [-0.1, -0.05) is 23.7 Å². The van der Waals surface area contributed by atoms with Crippen molar-refractivity contribution in [2.24, 2.45) is 11.8 Å². The van der Waals surface area contributed by atoms with E-state index in [0.717, 1.165) is 37.4 Å². The fraction of sp³-hybridized carbons (Fsp3) is 0.562.